The van der Waals surface area contributed by atoms with Crippen molar-refractivity contribution in [3.63, 3.8) is 0 Å². The number of hydrogen-bond donors (Lipinski definition) is 3. The maximum absolute atomic E-state index is 10.7. The van der Waals surface area contributed by atoms with E-state index in [1.165, 1.54) is 19.3 Å². The van der Waals surface area contributed by atoms with Crippen LogP contribution in [0.3, 0.4) is 0 Å². The monoisotopic (exact) mass is 358 g/mol. The molecule has 7 nitrogen and oxygen atoms in total. The van der Waals surface area contributed by atoms with Gasteiger partial charge in [0, 0.05) is 11.6 Å². The highest BCUT2D eigenvalue weighted by molar-refractivity contribution is 5.85. The molecule has 0 aromatic heterocycles. The standard InChI is InChI=1S/C19H18O7/c1-24-15-9-12(4-5-13(15)21)19-17(10-20)25-14-6-2-11(3-7-18(22)23)8-16(14)26-19/h2-9,17,19-21H,10H2,1H3,(H,22,23)/b7-3+/t17-,19+/m1/s1. The van der Waals surface area contributed by atoms with E-state index in [0.717, 1.165) is 6.08 Å². The summed E-state index contributed by atoms with van der Waals surface area (Å²) in [6, 6.07) is 9.77. The van der Waals surface area contributed by atoms with Crippen LogP contribution in [0.4, 0.5) is 0 Å². The number of carbonyl (C=O) groups is 1. The van der Waals surface area contributed by atoms with Gasteiger partial charge in [0.1, 0.15) is 0 Å². The van der Waals surface area contributed by atoms with Crippen LogP contribution in [0, 0.1) is 0 Å². The summed E-state index contributed by atoms with van der Waals surface area (Å²) in [6.45, 7) is -0.270. The predicted octanol–water partition coefficient (Wildman–Crippen LogP) is 2.37. The van der Waals surface area contributed by atoms with E-state index in [1.54, 1.807) is 30.3 Å². The number of ether oxygens (including phenoxy) is 3. The van der Waals surface area contributed by atoms with Gasteiger partial charge < -0.3 is 29.5 Å². The number of carboxylic acid groups (broad SMARTS) is 1. The summed E-state index contributed by atoms with van der Waals surface area (Å²) >= 11 is 0. The summed E-state index contributed by atoms with van der Waals surface area (Å²) in [5, 5.41) is 28.2. The van der Waals surface area contributed by atoms with Gasteiger partial charge in [0.2, 0.25) is 0 Å². The summed E-state index contributed by atoms with van der Waals surface area (Å²) in [6.07, 6.45) is 1.21. The van der Waals surface area contributed by atoms with E-state index in [4.69, 9.17) is 19.3 Å². The maximum atomic E-state index is 10.7. The number of phenols is 1. The first kappa shape index (κ1) is 17.6. The fourth-order valence-electron chi connectivity index (χ4n) is 2.71. The molecule has 3 rings (SSSR count). The fourth-order valence-corrected chi connectivity index (χ4v) is 2.71. The van der Waals surface area contributed by atoms with Gasteiger partial charge in [-0.2, -0.15) is 0 Å². The van der Waals surface area contributed by atoms with Gasteiger partial charge in [-0.3, -0.25) is 0 Å². The van der Waals surface area contributed by atoms with Gasteiger partial charge in [0.25, 0.3) is 0 Å². The molecule has 0 fully saturated rings. The molecule has 0 saturated heterocycles. The largest absolute Gasteiger partial charge is 0.504 e. The molecule has 26 heavy (non-hydrogen) atoms. The molecule has 0 radical (unpaired) electrons. The smallest absolute Gasteiger partial charge is 0.328 e. The van der Waals surface area contributed by atoms with Crippen molar-refractivity contribution in [3.8, 4) is 23.0 Å². The van der Waals surface area contributed by atoms with E-state index in [9.17, 15) is 15.0 Å². The second kappa shape index (κ2) is 7.37. The van der Waals surface area contributed by atoms with Crippen molar-refractivity contribution in [2.75, 3.05) is 13.7 Å². The molecule has 0 saturated carbocycles. The Morgan fingerprint density at radius 2 is 2.00 bits per heavy atom. The molecule has 0 amide bonds. The Labute approximate surface area is 149 Å². The number of rotatable bonds is 5. The van der Waals surface area contributed by atoms with Gasteiger partial charge in [-0.05, 0) is 35.9 Å². The van der Waals surface area contributed by atoms with Crippen molar-refractivity contribution in [2.45, 2.75) is 12.2 Å². The van der Waals surface area contributed by atoms with Crippen LogP contribution in [0.15, 0.2) is 42.5 Å². The molecule has 0 bridgehead atoms. The van der Waals surface area contributed by atoms with Crippen LogP contribution in [0.25, 0.3) is 6.08 Å². The molecule has 3 N–H and O–H groups in total. The van der Waals surface area contributed by atoms with Gasteiger partial charge in [0.15, 0.2) is 35.2 Å². The zero-order valence-corrected chi connectivity index (χ0v) is 14.0. The minimum absolute atomic E-state index is 0.00461. The predicted molar refractivity (Wildman–Crippen MR) is 92.6 cm³/mol. The molecule has 1 aliphatic rings. The second-order valence-electron chi connectivity index (χ2n) is 5.69. The van der Waals surface area contributed by atoms with Crippen LogP contribution in [-0.2, 0) is 4.79 Å². The van der Waals surface area contributed by atoms with E-state index in [2.05, 4.69) is 0 Å². The first-order valence-electron chi connectivity index (χ1n) is 7.88. The summed E-state index contributed by atoms with van der Waals surface area (Å²) in [7, 11) is 1.44. The average Bonchev–Trinajstić information content (AvgIpc) is 2.65. The van der Waals surface area contributed by atoms with Gasteiger partial charge in [-0.1, -0.05) is 12.1 Å². The molecule has 2 atom stereocenters. The molecule has 0 spiro atoms. The van der Waals surface area contributed by atoms with Crippen LogP contribution in [0.5, 0.6) is 23.0 Å². The number of aromatic hydroxyl groups is 1. The Morgan fingerprint density at radius 3 is 2.69 bits per heavy atom. The number of aliphatic carboxylic acids is 1. The molecular formula is C19H18O7. The van der Waals surface area contributed by atoms with E-state index in [0.29, 0.717) is 22.6 Å². The van der Waals surface area contributed by atoms with Crippen LogP contribution in [-0.4, -0.2) is 41.1 Å². The van der Waals surface area contributed by atoms with Crippen molar-refractivity contribution in [1.82, 2.24) is 0 Å². The Kier molecular flexibility index (Phi) is 4.99. The molecule has 1 heterocycles. The van der Waals surface area contributed by atoms with Crippen LogP contribution in [0.1, 0.15) is 17.2 Å². The van der Waals surface area contributed by atoms with Gasteiger partial charge in [-0.15, -0.1) is 0 Å². The summed E-state index contributed by atoms with van der Waals surface area (Å²) in [4.78, 5) is 10.7. The zero-order valence-electron chi connectivity index (χ0n) is 14.0. The summed E-state index contributed by atoms with van der Waals surface area (Å²) in [5.74, 6) is 0.119. The Morgan fingerprint density at radius 1 is 1.19 bits per heavy atom. The number of phenolic OH excluding ortho intramolecular Hbond substituents is 1. The number of fused-ring (bicyclic) bond motifs is 1. The third-order valence-corrected chi connectivity index (χ3v) is 3.97. The highest BCUT2D eigenvalue weighted by Crippen LogP contribution is 2.41. The maximum Gasteiger partial charge on any atom is 0.328 e. The third-order valence-electron chi connectivity index (χ3n) is 3.97. The molecule has 0 unspecified atom stereocenters. The molecular weight excluding hydrogens is 340 g/mol. The van der Waals surface area contributed by atoms with Crippen LogP contribution < -0.4 is 14.2 Å². The first-order chi connectivity index (χ1) is 12.5. The van der Waals surface area contributed by atoms with Gasteiger partial charge >= 0.3 is 5.97 Å². The lowest BCUT2D eigenvalue weighted by Crippen LogP contribution is -2.36. The molecule has 2 aromatic rings. The van der Waals surface area contributed by atoms with E-state index in [1.807, 2.05) is 0 Å². The van der Waals surface area contributed by atoms with Crippen molar-refractivity contribution in [3.05, 3.63) is 53.6 Å². The van der Waals surface area contributed by atoms with E-state index >= 15 is 0 Å². The Bertz CT molecular complexity index is 844. The van der Waals surface area contributed by atoms with E-state index < -0.39 is 18.2 Å². The summed E-state index contributed by atoms with van der Waals surface area (Å²) in [5.41, 5.74) is 1.30. The molecule has 7 heteroatoms. The fraction of sp³-hybridized carbons (Fsp3) is 0.211. The second-order valence-corrected chi connectivity index (χ2v) is 5.69. The topological polar surface area (TPSA) is 105 Å². The van der Waals surface area contributed by atoms with Crippen LogP contribution in [0.2, 0.25) is 0 Å². The lowest BCUT2D eigenvalue weighted by atomic mass is 10.0. The highest BCUT2D eigenvalue weighted by Gasteiger charge is 2.33. The summed E-state index contributed by atoms with van der Waals surface area (Å²) < 4.78 is 16.9. The molecule has 0 aliphatic carbocycles. The third kappa shape index (κ3) is 3.57. The molecule has 136 valence electrons. The van der Waals surface area contributed by atoms with Crippen molar-refractivity contribution < 1.29 is 34.3 Å². The van der Waals surface area contributed by atoms with Crippen molar-refractivity contribution in [1.29, 1.82) is 0 Å². The molecule has 2 aromatic carbocycles. The molecule has 1 aliphatic heterocycles. The average molecular weight is 358 g/mol. The number of carboxylic acids is 1. The number of methoxy groups -OCH3 is 1. The first-order valence-corrected chi connectivity index (χ1v) is 7.88. The SMILES string of the molecule is COc1cc([C@@H]2Oc3cc(/C=C/C(=O)O)ccc3O[C@@H]2CO)ccc1O. The normalized spacial score (nSPS) is 18.7. The lowest BCUT2D eigenvalue weighted by Gasteiger charge is -2.33. The lowest BCUT2D eigenvalue weighted by molar-refractivity contribution is -0.131. The number of aliphatic hydroxyl groups is 1. The number of hydrogen-bond acceptors (Lipinski definition) is 6. The number of aliphatic hydroxyl groups excluding tert-OH is 1. The van der Waals surface area contributed by atoms with Gasteiger partial charge in [-0.25, -0.2) is 4.79 Å². The van der Waals surface area contributed by atoms with Crippen LogP contribution >= 0.6 is 0 Å². The minimum atomic E-state index is -1.05. The zero-order chi connectivity index (χ0) is 18.7. The highest BCUT2D eigenvalue weighted by atomic mass is 16.6. The van der Waals surface area contributed by atoms with Crippen molar-refractivity contribution in [2.24, 2.45) is 0 Å². The quantitative estimate of drug-likeness (QED) is 0.705. The Balaban J connectivity index is 1.94. The van der Waals surface area contributed by atoms with E-state index in [-0.39, 0.29) is 18.1 Å². The van der Waals surface area contributed by atoms with Crippen molar-refractivity contribution >= 4 is 12.0 Å². The minimum Gasteiger partial charge on any atom is -0.504 e. The van der Waals surface area contributed by atoms with Gasteiger partial charge in [0.05, 0.1) is 13.7 Å². The number of benzene rings is 2. The Hall–Kier alpha value is -3.19.